The van der Waals surface area contributed by atoms with Gasteiger partial charge in [-0.3, -0.25) is 49.0 Å². The normalized spacial score (nSPS) is 20.6. The van der Waals surface area contributed by atoms with Crippen molar-refractivity contribution in [1.29, 1.82) is 0 Å². The summed E-state index contributed by atoms with van der Waals surface area (Å²) in [5.74, 6) is -4.88. The number of ether oxygens (including phenoxy) is 2. The summed E-state index contributed by atoms with van der Waals surface area (Å²) in [4.78, 5) is 92.8. The number of ketones is 2. The van der Waals surface area contributed by atoms with Crippen LogP contribution in [0.3, 0.4) is 0 Å². The lowest BCUT2D eigenvalue weighted by atomic mass is 9.77. The van der Waals surface area contributed by atoms with Gasteiger partial charge in [0.25, 0.3) is 11.4 Å². The number of hydrogen-bond acceptors (Lipinski definition) is 14. The Bertz CT molecular complexity index is 1890. The first kappa shape index (κ1) is 48.0. The van der Waals surface area contributed by atoms with Crippen molar-refractivity contribution in [2.24, 2.45) is 23.7 Å². The van der Waals surface area contributed by atoms with Gasteiger partial charge in [-0.1, -0.05) is 34.6 Å². The number of nitro groups is 2. The van der Waals surface area contributed by atoms with Crippen LogP contribution in [0, 0.1) is 43.9 Å². The van der Waals surface area contributed by atoms with Crippen LogP contribution in [0.15, 0.2) is 48.5 Å². The molecule has 2 amide bonds. The predicted molar refractivity (Wildman–Crippen MR) is 214 cm³/mol. The Kier molecular flexibility index (Phi) is 16.3. The number of carbonyl (C=O) groups excluding carboxylic acids is 6. The van der Waals surface area contributed by atoms with E-state index in [0.717, 1.165) is 0 Å². The summed E-state index contributed by atoms with van der Waals surface area (Å²) in [6, 6.07) is 10.3. The lowest BCUT2D eigenvalue weighted by Gasteiger charge is -2.46. The highest BCUT2D eigenvalue weighted by molar-refractivity contribution is 6.74. The van der Waals surface area contributed by atoms with E-state index in [1.165, 1.54) is 55.5 Å². The Morgan fingerprint density at radius 3 is 1.37 bits per heavy atom. The van der Waals surface area contributed by atoms with Crippen LogP contribution < -0.4 is 10.6 Å². The number of nitro benzene ring substituents is 2. The number of benzene rings is 2. The zero-order valence-corrected chi connectivity index (χ0v) is 35.7. The minimum Gasteiger partial charge on any atom is -0.460 e. The van der Waals surface area contributed by atoms with Crippen molar-refractivity contribution in [3.05, 3.63) is 79.9 Å². The fourth-order valence-electron chi connectivity index (χ4n) is 6.31. The predicted octanol–water partition coefficient (Wildman–Crippen LogP) is 4.49. The second-order valence-corrected chi connectivity index (χ2v) is 21.2. The zero-order chi connectivity index (χ0) is 44.6. The highest BCUT2D eigenvalue weighted by atomic mass is 28.4. The Morgan fingerprint density at radius 1 is 0.712 bits per heavy atom. The van der Waals surface area contributed by atoms with E-state index in [9.17, 15) is 54.1 Å². The molecule has 2 aromatic rings. The van der Waals surface area contributed by atoms with Crippen LogP contribution in [0.1, 0.15) is 72.4 Å². The van der Waals surface area contributed by atoms with Gasteiger partial charge >= 0.3 is 11.9 Å². The number of amides is 2. The van der Waals surface area contributed by atoms with Gasteiger partial charge in [0, 0.05) is 36.1 Å². The highest BCUT2D eigenvalue weighted by Gasteiger charge is 2.50. The number of aliphatic hydroxyl groups is 1. The maximum Gasteiger partial charge on any atom is 0.313 e. The molecule has 18 nitrogen and oxygen atoms in total. The summed E-state index contributed by atoms with van der Waals surface area (Å²) in [5, 5.41) is 36.2. The van der Waals surface area contributed by atoms with Crippen LogP contribution in [0.25, 0.3) is 0 Å². The van der Waals surface area contributed by atoms with Crippen LogP contribution in [0.4, 0.5) is 11.4 Å². The Morgan fingerprint density at radius 2 is 1.07 bits per heavy atom. The molecule has 6 unspecified atom stereocenters. The van der Waals surface area contributed by atoms with Crippen molar-refractivity contribution < 1.29 is 57.6 Å². The third kappa shape index (κ3) is 12.8. The fraction of sp³-hybridized carbons (Fsp3) is 0.550. The number of nitrogens with one attached hydrogen (secondary N) is 2. The van der Waals surface area contributed by atoms with Gasteiger partial charge in [-0.05, 0) is 67.4 Å². The SMILES string of the molecule is CC(O)C1C(=O)NC1[C@@H](C)C(=O)CC(=O)OCc1ccc([N+](=O)[O-])cc1.CC(O[Si](C)(C)C(C)(C)C)C1C(=O)NC1[C@@H](C)C(=O)CC(=O)OCc1ccc([N+](=O)[O-])cc1. The van der Waals surface area contributed by atoms with Crippen molar-refractivity contribution in [3.63, 3.8) is 0 Å². The number of nitrogens with zero attached hydrogens (tertiary/aromatic N) is 2. The number of carbonyl (C=O) groups is 6. The van der Waals surface area contributed by atoms with E-state index in [4.69, 9.17) is 13.9 Å². The second kappa shape index (κ2) is 20.0. The van der Waals surface area contributed by atoms with Crippen molar-refractivity contribution >= 4 is 55.0 Å². The summed E-state index contributed by atoms with van der Waals surface area (Å²) in [5.41, 5.74) is 1.01. The highest BCUT2D eigenvalue weighted by Crippen LogP contribution is 2.39. The number of esters is 2. The average molecular weight is 843 g/mol. The Hall–Kier alpha value is -5.40. The molecule has 2 aromatic carbocycles. The van der Waals surface area contributed by atoms with Crippen molar-refractivity contribution in [2.75, 3.05) is 0 Å². The molecule has 322 valence electrons. The van der Waals surface area contributed by atoms with E-state index in [2.05, 4.69) is 44.5 Å². The third-order valence-electron chi connectivity index (χ3n) is 11.1. The van der Waals surface area contributed by atoms with Gasteiger partial charge in [-0.15, -0.1) is 0 Å². The molecular formula is C40H54N4O14Si. The van der Waals surface area contributed by atoms with E-state index in [0.29, 0.717) is 11.1 Å². The smallest absolute Gasteiger partial charge is 0.313 e. The molecule has 2 aliphatic rings. The zero-order valence-electron chi connectivity index (χ0n) is 34.7. The molecule has 0 spiro atoms. The molecule has 0 aromatic heterocycles. The van der Waals surface area contributed by atoms with E-state index in [-0.39, 0.29) is 53.3 Å². The molecule has 59 heavy (non-hydrogen) atoms. The van der Waals surface area contributed by atoms with Gasteiger partial charge in [0.05, 0.1) is 46.0 Å². The maximum atomic E-state index is 12.7. The van der Waals surface area contributed by atoms with Gasteiger partial charge in [0.2, 0.25) is 11.8 Å². The molecule has 3 N–H and O–H groups in total. The standard InChI is InChI=1S/C23H34N2O7Si.C17H20N2O7/c1-14(21-20(22(28)24-21)15(2)32-33(6,7)23(3,4)5)18(26)12-19(27)31-13-16-8-10-17(11-9-16)25(29)30;1-9(16-15(10(2)20)17(23)18-16)13(21)7-14(22)26-8-11-3-5-12(6-4-11)19(24)25/h8-11,14-15,20-21H,12-13H2,1-7H3,(H,24,28);3-6,9-10,15-16,20H,7-8H2,1-2H3,(H,18,23)/t14-,15?,20?,21?;9-,10?,15?,16?/m00/s1. The number of hydrogen-bond donors (Lipinski definition) is 3. The van der Waals surface area contributed by atoms with Gasteiger partial charge in [0.15, 0.2) is 8.32 Å². The molecule has 19 heteroatoms. The number of β-lactam (4-membered cyclic amide) rings is 2. The first-order valence-electron chi connectivity index (χ1n) is 19.1. The lowest BCUT2D eigenvalue weighted by molar-refractivity contribution is -0.385. The van der Waals surface area contributed by atoms with Gasteiger partial charge < -0.3 is 29.6 Å². The van der Waals surface area contributed by atoms with Crippen molar-refractivity contribution in [1.82, 2.24) is 10.6 Å². The van der Waals surface area contributed by atoms with E-state index in [1.54, 1.807) is 13.8 Å². The monoisotopic (exact) mass is 842 g/mol. The molecular weight excluding hydrogens is 789 g/mol. The van der Waals surface area contributed by atoms with Crippen molar-refractivity contribution in [3.8, 4) is 0 Å². The first-order chi connectivity index (χ1) is 27.3. The molecule has 0 radical (unpaired) electrons. The summed E-state index contributed by atoms with van der Waals surface area (Å²) >= 11 is 0. The quantitative estimate of drug-likeness (QED) is 0.0467. The molecule has 0 saturated carbocycles. The number of Topliss-reactive ketones (excluding diaryl/α,β-unsaturated/α-hetero) is 2. The Labute approximate surface area is 343 Å². The maximum absolute atomic E-state index is 12.7. The molecule has 0 bridgehead atoms. The van der Waals surface area contributed by atoms with E-state index >= 15 is 0 Å². The molecule has 4 rings (SSSR count). The molecule has 8 atom stereocenters. The summed E-state index contributed by atoms with van der Waals surface area (Å²) < 4.78 is 16.5. The lowest BCUT2D eigenvalue weighted by Crippen LogP contribution is -2.66. The summed E-state index contributed by atoms with van der Waals surface area (Å²) in [7, 11) is -2.09. The van der Waals surface area contributed by atoms with Crippen LogP contribution in [0.2, 0.25) is 18.1 Å². The van der Waals surface area contributed by atoms with Crippen LogP contribution in [0.5, 0.6) is 0 Å². The van der Waals surface area contributed by atoms with Crippen molar-refractivity contribution in [2.45, 2.75) is 117 Å². The van der Waals surface area contributed by atoms with Crippen LogP contribution in [-0.2, 0) is 55.9 Å². The van der Waals surface area contributed by atoms with Gasteiger partial charge in [-0.25, -0.2) is 0 Å². The summed E-state index contributed by atoms with van der Waals surface area (Å²) in [6.07, 6.45) is -2.08. The first-order valence-corrected chi connectivity index (χ1v) is 22.0. The minimum atomic E-state index is -2.09. The van der Waals surface area contributed by atoms with E-state index < -0.39 is 90.6 Å². The number of aliphatic hydroxyl groups excluding tert-OH is 1. The number of rotatable bonds is 18. The van der Waals surface area contributed by atoms with Crippen LogP contribution >= 0.6 is 0 Å². The van der Waals surface area contributed by atoms with Crippen LogP contribution in [-0.4, -0.2) is 82.9 Å². The summed E-state index contributed by atoms with van der Waals surface area (Å²) in [6.45, 7) is 17.0. The fourth-order valence-corrected chi connectivity index (χ4v) is 7.74. The average Bonchev–Trinajstić information content (AvgIpc) is 3.13. The van der Waals surface area contributed by atoms with E-state index in [1.807, 2.05) is 6.92 Å². The number of non-ortho nitro benzene ring substituents is 2. The molecule has 2 heterocycles. The third-order valence-corrected chi connectivity index (χ3v) is 15.7. The van der Waals surface area contributed by atoms with Gasteiger partial charge in [0.1, 0.15) is 37.6 Å². The minimum absolute atomic E-state index is 0.00809. The molecule has 0 aliphatic carbocycles. The molecule has 2 fully saturated rings. The Balaban J connectivity index is 0.000000324. The molecule has 2 saturated heterocycles. The largest absolute Gasteiger partial charge is 0.460 e. The molecule has 2 aliphatic heterocycles. The second-order valence-electron chi connectivity index (χ2n) is 16.5. The van der Waals surface area contributed by atoms with Gasteiger partial charge in [-0.2, -0.15) is 0 Å². The topological polar surface area (TPSA) is 261 Å².